The molecule has 6 nitrogen and oxygen atoms in total. The standard InChI is InChI=1S/C28H21BrN4O2S/c1-18(22-11-6-8-19-7-2-3-9-23(19)22)31-32-26(34)17-36-28-30-25-12-5-4-10-24(25)27(35)33(28)21-15-13-20(29)14-16-21/h2-16H,17H2,1H3,(H,32,34)/b31-18+. The normalized spacial score (nSPS) is 11.7. The summed E-state index contributed by atoms with van der Waals surface area (Å²) in [4.78, 5) is 30.7. The zero-order valence-electron chi connectivity index (χ0n) is 19.3. The van der Waals surface area contributed by atoms with Crippen molar-refractivity contribution in [2.75, 3.05) is 5.75 Å². The Labute approximate surface area is 220 Å². The van der Waals surface area contributed by atoms with Crippen LogP contribution in [-0.4, -0.2) is 26.9 Å². The van der Waals surface area contributed by atoms with Crippen LogP contribution >= 0.6 is 27.7 Å². The van der Waals surface area contributed by atoms with E-state index in [1.54, 1.807) is 12.1 Å². The van der Waals surface area contributed by atoms with Gasteiger partial charge in [0.05, 0.1) is 28.1 Å². The van der Waals surface area contributed by atoms with Gasteiger partial charge in [-0.1, -0.05) is 82.3 Å². The van der Waals surface area contributed by atoms with Gasteiger partial charge in [-0.25, -0.2) is 10.4 Å². The van der Waals surface area contributed by atoms with E-state index in [1.165, 1.54) is 16.3 Å². The molecular formula is C28H21BrN4O2S. The second-order valence-corrected chi connectivity index (χ2v) is 9.93. The average Bonchev–Trinajstić information content (AvgIpc) is 2.91. The van der Waals surface area contributed by atoms with Crippen LogP contribution in [0, 0.1) is 0 Å². The molecule has 1 heterocycles. The topological polar surface area (TPSA) is 76.3 Å². The average molecular weight is 557 g/mol. The molecule has 0 bridgehead atoms. The Morgan fingerprint density at radius 2 is 1.64 bits per heavy atom. The van der Waals surface area contributed by atoms with Gasteiger partial charge in [-0.15, -0.1) is 0 Å². The van der Waals surface area contributed by atoms with Crippen LogP contribution in [0.4, 0.5) is 0 Å². The highest BCUT2D eigenvalue weighted by Gasteiger charge is 2.15. The van der Waals surface area contributed by atoms with Gasteiger partial charge in [0.15, 0.2) is 5.16 Å². The van der Waals surface area contributed by atoms with Crippen molar-refractivity contribution in [1.29, 1.82) is 0 Å². The Morgan fingerprint density at radius 1 is 0.944 bits per heavy atom. The van der Waals surface area contributed by atoms with Gasteiger partial charge in [0.2, 0.25) is 0 Å². The van der Waals surface area contributed by atoms with Gasteiger partial charge in [0, 0.05) is 10.0 Å². The summed E-state index contributed by atoms with van der Waals surface area (Å²) in [5, 5.41) is 7.46. The quantitative estimate of drug-likeness (QED) is 0.122. The van der Waals surface area contributed by atoms with Gasteiger partial charge >= 0.3 is 0 Å². The number of rotatable bonds is 6. The molecule has 0 saturated carbocycles. The van der Waals surface area contributed by atoms with Gasteiger partial charge in [-0.2, -0.15) is 5.10 Å². The number of benzene rings is 4. The fraction of sp³-hybridized carbons (Fsp3) is 0.0714. The van der Waals surface area contributed by atoms with Crippen LogP contribution in [0.3, 0.4) is 0 Å². The van der Waals surface area contributed by atoms with E-state index >= 15 is 0 Å². The maximum absolute atomic E-state index is 13.3. The van der Waals surface area contributed by atoms with Crippen molar-refractivity contribution in [2.24, 2.45) is 5.10 Å². The summed E-state index contributed by atoms with van der Waals surface area (Å²) in [7, 11) is 0. The third kappa shape index (κ3) is 4.96. The van der Waals surface area contributed by atoms with Crippen molar-refractivity contribution in [3.05, 3.63) is 111 Å². The second kappa shape index (κ2) is 10.5. The summed E-state index contributed by atoms with van der Waals surface area (Å²) in [5.74, 6) is -0.238. The Balaban J connectivity index is 1.39. The maximum Gasteiger partial charge on any atom is 0.266 e. The van der Waals surface area contributed by atoms with Crippen LogP contribution in [0.15, 0.2) is 111 Å². The molecule has 178 valence electrons. The van der Waals surface area contributed by atoms with E-state index < -0.39 is 0 Å². The lowest BCUT2D eigenvalue weighted by Crippen LogP contribution is -2.24. The van der Waals surface area contributed by atoms with Gasteiger partial charge in [0.25, 0.3) is 11.5 Å². The highest BCUT2D eigenvalue weighted by atomic mass is 79.9. The number of halogens is 1. The van der Waals surface area contributed by atoms with Crippen LogP contribution in [0.5, 0.6) is 0 Å². The van der Waals surface area contributed by atoms with Crippen molar-refractivity contribution in [2.45, 2.75) is 12.1 Å². The predicted molar refractivity (Wildman–Crippen MR) is 150 cm³/mol. The van der Waals surface area contributed by atoms with E-state index in [9.17, 15) is 9.59 Å². The number of nitrogens with zero attached hydrogens (tertiary/aromatic N) is 3. The smallest absolute Gasteiger partial charge is 0.266 e. The zero-order chi connectivity index (χ0) is 25.1. The lowest BCUT2D eigenvalue weighted by atomic mass is 10.0. The molecule has 1 N–H and O–H groups in total. The van der Waals surface area contributed by atoms with E-state index in [1.807, 2.05) is 85.8 Å². The molecule has 0 radical (unpaired) electrons. The monoisotopic (exact) mass is 556 g/mol. The number of carbonyl (C=O) groups is 1. The summed E-state index contributed by atoms with van der Waals surface area (Å²) in [6.07, 6.45) is 0. The first kappa shape index (κ1) is 24.0. The molecule has 1 aromatic heterocycles. The molecule has 0 unspecified atom stereocenters. The summed E-state index contributed by atoms with van der Waals surface area (Å²) >= 11 is 4.62. The molecule has 5 rings (SSSR count). The molecule has 0 saturated heterocycles. The van der Waals surface area contributed by atoms with Gasteiger partial charge in [-0.3, -0.25) is 14.2 Å². The number of carbonyl (C=O) groups excluding carboxylic acids is 1. The van der Waals surface area contributed by atoms with E-state index in [-0.39, 0.29) is 17.2 Å². The summed E-state index contributed by atoms with van der Waals surface area (Å²) in [6, 6.07) is 28.7. The molecule has 0 aliphatic heterocycles. The summed E-state index contributed by atoms with van der Waals surface area (Å²) in [5.41, 5.74) is 5.39. The van der Waals surface area contributed by atoms with E-state index in [0.717, 1.165) is 20.8 Å². The summed E-state index contributed by atoms with van der Waals surface area (Å²) < 4.78 is 2.44. The second-order valence-electron chi connectivity index (χ2n) is 8.08. The third-order valence-electron chi connectivity index (χ3n) is 5.69. The van der Waals surface area contributed by atoms with E-state index in [2.05, 4.69) is 31.4 Å². The fourth-order valence-corrected chi connectivity index (χ4v) is 5.01. The highest BCUT2D eigenvalue weighted by molar-refractivity contribution is 9.10. The number of para-hydroxylation sites is 1. The largest absolute Gasteiger partial charge is 0.272 e. The number of fused-ring (bicyclic) bond motifs is 2. The van der Waals surface area contributed by atoms with Gasteiger partial charge in [0.1, 0.15) is 0 Å². The number of amides is 1. The fourth-order valence-electron chi connectivity index (χ4n) is 3.94. The van der Waals surface area contributed by atoms with Crippen molar-refractivity contribution < 1.29 is 4.79 Å². The molecule has 8 heteroatoms. The lowest BCUT2D eigenvalue weighted by molar-refractivity contribution is -0.118. The van der Waals surface area contributed by atoms with Crippen LogP contribution in [-0.2, 0) is 4.79 Å². The minimum Gasteiger partial charge on any atom is -0.272 e. The molecule has 0 spiro atoms. The lowest BCUT2D eigenvalue weighted by Gasteiger charge is -2.13. The van der Waals surface area contributed by atoms with Crippen LogP contribution in [0.2, 0.25) is 0 Å². The van der Waals surface area contributed by atoms with Crippen molar-refractivity contribution in [3.63, 3.8) is 0 Å². The van der Waals surface area contributed by atoms with Crippen LogP contribution < -0.4 is 11.0 Å². The number of hydrogen-bond donors (Lipinski definition) is 1. The van der Waals surface area contributed by atoms with Crippen molar-refractivity contribution >= 4 is 61.0 Å². The Morgan fingerprint density at radius 3 is 2.44 bits per heavy atom. The van der Waals surface area contributed by atoms with Crippen LogP contribution in [0.1, 0.15) is 12.5 Å². The molecule has 0 fully saturated rings. The Kier molecular flexibility index (Phi) is 6.97. The zero-order valence-corrected chi connectivity index (χ0v) is 21.7. The minimum atomic E-state index is -0.288. The van der Waals surface area contributed by atoms with Crippen molar-refractivity contribution in [3.8, 4) is 5.69 Å². The molecule has 0 aliphatic rings. The van der Waals surface area contributed by atoms with Gasteiger partial charge in [-0.05, 0) is 54.1 Å². The first-order valence-corrected chi connectivity index (χ1v) is 13.0. The van der Waals surface area contributed by atoms with E-state index in [4.69, 9.17) is 0 Å². The Bertz CT molecular complexity index is 1670. The maximum atomic E-state index is 13.3. The number of nitrogens with one attached hydrogen (secondary N) is 1. The highest BCUT2D eigenvalue weighted by Crippen LogP contribution is 2.23. The number of thioether (sulfide) groups is 1. The SMILES string of the molecule is C/C(=N\NC(=O)CSc1nc2ccccc2c(=O)n1-c1ccc(Br)cc1)c1cccc2ccccc12. The van der Waals surface area contributed by atoms with Gasteiger partial charge < -0.3 is 0 Å². The van der Waals surface area contributed by atoms with Crippen LogP contribution in [0.25, 0.3) is 27.4 Å². The van der Waals surface area contributed by atoms with Crippen molar-refractivity contribution in [1.82, 2.24) is 15.0 Å². The molecular weight excluding hydrogens is 536 g/mol. The molecule has 36 heavy (non-hydrogen) atoms. The number of hydrazone groups is 1. The van der Waals surface area contributed by atoms with E-state index in [0.29, 0.717) is 27.5 Å². The number of aromatic nitrogens is 2. The minimum absolute atomic E-state index is 0.0492. The Hall–Kier alpha value is -3.75. The molecule has 5 aromatic rings. The molecule has 0 atom stereocenters. The first-order valence-electron chi connectivity index (χ1n) is 11.2. The first-order chi connectivity index (χ1) is 17.5. The number of hydrogen-bond acceptors (Lipinski definition) is 5. The predicted octanol–water partition coefficient (Wildman–Crippen LogP) is 5.93. The molecule has 1 amide bonds. The molecule has 0 aliphatic carbocycles. The summed E-state index contributed by atoms with van der Waals surface area (Å²) in [6.45, 7) is 1.87. The third-order valence-corrected chi connectivity index (χ3v) is 7.16. The molecule has 4 aromatic carbocycles.